The molecule has 178 valence electrons. The largest absolute Gasteiger partial charge is 0.490 e. The Balaban J connectivity index is 0.00000480. The first-order valence-electron chi connectivity index (χ1n) is 11.3. The Hall–Kier alpha value is -1.26. The quantitative estimate of drug-likeness (QED) is 0.161. The molecular formula is C23H40IN3O4. The number of anilines is 1. The first-order chi connectivity index (χ1) is 14.7. The molecule has 0 bridgehead atoms. The van der Waals surface area contributed by atoms with Gasteiger partial charge in [0.25, 0.3) is 0 Å². The number of nitrogens with one attached hydrogen (secondary N) is 2. The third-order valence-corrected chi connectivity index (χ3v) is 4.39. The zero-order valence-corrected chi connectivity index (χ0v) is 21.6. The van der Waals surface area contributed by atoms with Crippen LogP contribution in [-0.2, 0) is 9.47 Å². The smallest absolute Gasteiger partial charge is 0.195 e. The summed E-state index contributed by atoms with van der Waals surface area (Å²) in [6, 6.07) is 5.91. The highest BCUT2D eigenvalue weighted by Crippen LogP contribution is 2.32. The number of hydrogen-bond acceptors (Lipinski definition) is 5. The van der Waals surface area contributed by atoms with Gasteiger partial charge in [0.05, 0.1) is 13.2 Å². The lowest BCUT2D eigenvalue weighted by molar-refractivity contribution is 0.109. The lowest BCUT2D eigenvalue weighted by atomic mass is 10.2. The van der Waals surface area contributed by atoms with E-state index in [4.69, 9.17) is 23.9 Å². The fraction of sp³-hybridized carbons (Fsp3) is 0.696. The van der Waals surface area contributed by atoms with E-state index < -0.39 is 0 Å². The molecular weight excluding hydrogens is 509 g/mol. The van der Waals surface area contributed by atoms with Gasteiger partial charge in [0.15, 0.2) is 17.5 Å². The highest BCUT2D eigenvalue weighted by Gasteiger charge is 2.11. The van der Waals surface area contributed by atoms with Gasteiger partial charge in [0.1, 0.15) is 0 Å². The molecule has 2 rings (SSSR count). The molecule has 0 saturated carbocycles. The number of hydrogen-bond donors (Lipinski definition) is 2. The van der Waals surface area contributed by atoms with Crippen LogP contribution in [-0.4, -0.2) is 58.7 Å². The summed E-state index contributed by atoms with van der Waals surface area (Å²) in [5.74, 6) is 2.90. The number of unbranched alkanes of at least 4 members (excludes halogenated alkanes) is 1. The molecule has 0 unspecified atom stereocenters. The average molecular weight is 549 g/mol. The van der Waals surface area contributed by atoms with Gasteiger partial charge in [-0.25, -0.2) is 0 Å². The standard InChI is InChI=1S/C23H39N3O4.HI/c1-4-27-13-6-5-11-24-23(25-12-7-14-28-18-19(2)3)26-20-9-10-21-22(17-20)30-16-8-15-29-21;/h9-10,17,19H,4-8,11-16,18H2,1-3H3,(H2,24,25,26);1H. The van der Waals surface area contributed by atoms with Crippen molar-refractivity contribution < 1.29 is 18.9 Å². The summed E-state index contributed by atoms with van der Waals surface area (Å²) in [7, 11) is 0. The second kappa shape index (κ2) is 17.3. The van der Waals surface area contributed by atoms with Crippen LogP contribution < -0.4 is 20.1 Å². The second-order valence-electron chi connectivity index (χ2n) is 7.72. The van der Waals surface area contributed by atoms with Crippen molar-refractivity contribution in [2.45, 2.75) is 46.5 Å². The predicted octanol–water partition coefficient (Wildman–Crippen LogP) is 4.70. The van der Waals surface area contributed by atoms with Crippen LogP contribution in [0.1, 0.15) is 46.5 Å². The fourth-order valence-corrected chi connectivity index (χ4v) is 2.87. The lowest BCUT2D eigenvalue weighted by Gasteiger charge is -2.15. The minimum Gasteiger partial charge on any atom is -0.490 e. The van der Waals surface area contributed by atoms with E-state index in [0.29, 0.717) is 25.7 Å². The maximum absolute atomic E-state index is 5.80. The van der Waals surface area contributed by atoms with E-state index in [1.165, 1.54) is 0 Å². The Bertz CT molecular complexity index is 629. The predicted molar refractivity (Wildman–Crippen MR) is 137 cm³/mol. The normalized spacial score (nSPS) is 13.5. The molecule has 7 nitrogen and oxygen atoms in total. The van der Waals surface area contributed by atoms with E-state index in [9.17, 15) is 0 Å². The van der Waals surface area contributed by atoms with Gasteiger partial charge in [-0.1, -0.05) is 13.8 Å². The summed E-state index contributed by atoms with van der Waals surface area (Å²) in [6.45, 7) is 12.3. The number of fused-ring (bicyclic) bond motifs is 1. The Kier molecular flexibility index (Phi) is 15.5. The van der Waals surface area contributed by atoms with Crippen molar-refractivity contribution in [2.24, 2.45) is 10.9 Å². The molecule has 0 radical (unpaired) electrons. The Labute approximate surface area is 204 Å². The van der Waals surface area contributed by atoms with Crippen LogP contribution in [0.2, 0.25) is 0 Å². The van der Waals surface area contributed by atoms with Crippen molar-refractivity contribution in [1.82, 2.24) is 5.32 Å². The second-order valence-corrected chi connectivity index (χ2v) is 7.72. The van der Waals surface area contributed by atoms with Gasteiger partial charge in [-0.15, -0.1) is 24.0 Å². The molecule has 8 heteroatoms. The molecule has 1 heterocycles. The lowest BCUT2D eigenvalue weighted by Crippen LogP contribution is -2.32. The topological polar surface area (TPSA) is 73.3 Å². The van der Waals surface area contributed by atoms with Crippen LogP contribution >= 0.6 is 24.0 Å². The monoisotopic (exact) mass is 549 g/mol. The SMILES string of the molecule is CCOCCCCNC(=NCCCOCC(C)C)Nc1ccc2c(c1)OCCCO2.I. The van der Waals surface area contributed by atoms with Crippen molar-refractivity contribution in [3.63, 3.8) is 0 Å². The van der Waals surface area contributed by atoms with Crippen LogP contribution in [0.25, 0.3) is 0 Å². The number of rotatable bonds is 13. The molecule has 31 heavy (non-hydrogen) atoms. The van der Waals surface area contributed by atoms with Crippen molar-refractivity contribution in [2.75, 3.05) is 58.0 Å². The van der Waals surface area contributed by atoms with Crippen molar-refractivity contribution in [3.8, 4) is 11.5 Å². The summed E-state index contributed by atoms with van der Waals surface area (Å²) >= 11 is 0. The first kappa shape index (κ1) is 27.8. The van der Waals surface area contributed by atoms with Gasteiger partial charge in [0, 0.05) is 57.7 Å². The molecule has 0 fully saturated rings. The maximum Gasteiger partial charge on any atom is 0.195 e. The van der Waals surface area contributed by atoms with Gasteiger partial charge in [-0.3, -0.25) is 4.99 Å². The molecule has 0 saturated heterocycles. The molecule has 0 spiro atoms. The number of aliphatic imine (C=N–C) groups is 1. The summed E-state index contributed by atoms with van der Waals surface area (Å²) in [5.41, 5.74) is 0.927. The van der Waals surface area contributed by atoms with E-state index in [1.54, 1.807) is 0 Å². The zero-order valence-electron chi connectivity index (χ0n) is 19.3. The van der Waals surface area contributed by atoms with Crippen LogP contribution in [0.3, 0.4) is 0 Å². The number of benzene rings is 1. The Morgan fingerprint density at radius 3 is 2.61 bits per heavy atom. The summed E-state index contributed by atoms with van der Waals surface area (Å²) in [6.07, 6.45) is 3.85. The highest BCUT2D eigenvalue weighted by atomic mass is 127. The van der Waals surface area contributed by atoms with E-state index in [-0.39, 0.29) is 24.0 Å². The maximum atomic E-state index is 5.80. The molecule has 0 aliphatic carbocycles. The molecule has 1 aliphatic heterocycles. The van der Waals surface area contributed by atoms with Crippen LogP contribution in [0.5, 0.6) is 11.5 Å². The third kappa shape index (κ3) is 12.4. The summed E-state index contributed by atoms with van der Waals surface area (Å²) in [4.78, 5) is 4.71. The van der Waals surface area contributed by atoms with Crippen molar-refractivity contribution >= 4 is 35.6 Å². The molecule has 0 amide bonds. The minimum atomic E-state index is 0. The van der Waals surface area contributed by atoms with Gasteiger partial charge in [-0.2, -0.15) is 0 Å². The Morgan fingerprint density at radius 2 is 1.84 bits per heavy atom. The number of ether oxygens (including phenoxy) is 4. The van der Waals surface area contributed by atoms with E-state index in [2.05, 4.69) is 24.5 Å². The molecule has 1 aliphatic rings. The van der Waals surface area contributed by atoms with Crippen LogP contribution in [0.4, 0.5) is 5.69 Å². The molecule has 0 atom stereocenters. The third-order valence-electron chi connectivity index (χ3n) is 4.39. The molecule has 2 N–H and O–H groups in total. The van der Waals surface area contributed by atoms with Gasteiger partial charge >= 0.3 is 0 Å². The summed E-state index contributed by atoms with van der Waals surface area (Å²) in [5, 5.41) is 6.81. The minimum absolute atomic E-state index is 0. The van der Waals surface area contributed by atoms with Gasteiger partial charge in [0.2, 0.25) is 0 Å². The Morgan fingerprint density at radius 1 is 1.06 bits per heavy atom. The molecule has 1 aromatic rings. The molecule has 0 aromatic heterocycles. The number of nitrogens with zero attached hydrogens (tertiary/aromatic N) is 1. The number of guanidine groups is 1. The van der Waals surface area contributed by atoms with Crippen LogP contribution in [0.15, 0.2) is 23.2 Å². The van der Waals surface area contributed by atoms with Crippen molar-refractivity contribution in [3.05, 3.63) is 18.2 Å². The van der Waals surface area contributed by atoms with Gasteiger partial charge in [-0.05, 0) is 44.2 Å². The van der Waals surface area contributed by atoms with E-state index >= 15 is 0 Å². The average Bonchev–Trinajstić information content (AvgIpc) is 2.97. The van der Waals surface area contributed by atoms with Crippen LogP contribution in [0, 0.1) is 5.92 Å². The fourth-order valence-electron chi connectivity index (χ4n) is 2.87. The van der Waals surface area contributed by atoms with Gasteiger partial charge < -0.3 is 29.6 Å². The van der Waals surface area contributed by atoms with E-state index in [1.807, 2.05) is 25.1 Å². The highest BCUT2D eigenvalue weighted by molar-refractivity contribution is 14.0. The zero-order chi connectivity index (χ0) is 21.4. The number of halogens is 1. The van der Waals surface area contributed by atoms with E-state index in [0.717, 1.165) is 81.8 Å². The first-order valence-corrected chi connectivity index (χ1v) is 11.3. The van der Waals surface area contributed by atoms with Crippen molar-refractivity contribution in [1.29, 1.82) is 0 Å². The molecule has 1 aromatic carbocycles. The summed E-state index contributed by atoms with van der Waals surface area (Å²) < 4.78 is 22.6.